The summed E-state index contributed by atoms with van der Waals surface area (Å²) in [5.41, 5.74) is 2.61. The molecule has 0 bridgehead atoms. The first-order chi connectivity index (χ1) is 8.50. The van der Waals surface area contributed by atoms with Crippen molar-refractivity contribution in [2.24, 2.45) is 11.8 Å². The number of nitrogens with zero attached hydrogens (tertiary/aromatic N) is 1. The second-order valence-corrected chi connectivity index (χ2v) is 5.73. The second-order valence-electron chi connectivity index (χ2n) is 4.67. The Hall–Kier alpha value is -0.660. The lowest BCUT2D eigenvalue weighted by Crippen LogP contribution is -2.28. The standard InChI is InChI=1S/C11H16F3N3S/c12-11(13,14)10-16-6-9(18-10)8(17-15)5-7-3-1-2-4-7/h6-8,17H,1-5,15H2. The molecule has 1 heterocycles. The maximum Gasteiger partial charge on any atom is 0.443 e. The van der Waals surface area contributed by atoms with Crippen molar-refractivity contribution in [1.29, 1.82) is 0 Å². The highest BCUT2D eigenvalue weighted by molar-refractivity contribution is 7.11. The minimum absolute atomic E-state index is 0.221. The summed E-state index contributed by atoms with van der Waals surface area (Å²) in [7, 11) is 0. The molecular weight excluding hydrogens is 263 g/mol. The molecule has 1 aromatic heterocycles. The van der Waals surface area contributed by atoms with Crippen LogP contribution in [-0.2, 0) is 6.18 Å². The Balaban J connectivity index is 2.05. The molecule has 7 heteroatoms. The van der Waals surface area contributed by atoms with Crippen LogP contribution in [0.2, 0.25) is 0 Å². The topological polar surface area (TPSA) is 50.9 Å². The van der Waals surface area contributed by atoms with Crippen LogP contribution in [0.3, 0.4) is 0 Å². The lowest BCUT2D eigenvalue weighted by molar-refractivity contribution is -0.137. The Morgan fingerprint density at radius 2 is 2.11 bits per heavy atom. The van der Waals surface area contributed by atoms with Crippen LogP contribution in [0.25, 0.3) is 0 Å². The van der Waals surface area contributed by atoms with Gasteiger partial charge in [-0.2, -0.15) is 13.2 Å². The van der Waals surface area contributed by atoms with Crippen LogP contribution in [-0.4, -0.2) is 4.98 Å². The van der Waals surface area contributed by atoms with Crippen molar-refractivity contribution >= 4 is 11.3 Å². The van der Waals surface area contributed by atoms with Crippen LogP contribution < -0.4 is 11.3 Å². The lowest BCUT2D eigenvalue weighted by atomic mass is 9.98. The van der Waals surface area contributed by atoms with Crippen molar-refractivity contribution in [2.45, 2.75) is 44.3 Å². The maximum atomic E-state index is 12.5. The molecular formula is C11H16F3N3S. The van der Waals surface area contributed by atoms with Gasteiger partial charge in [-0.3, -0.25) is 11.3 Å². The van der Waals surface area contributed by atoms with E-state index in [0.29, 0.717) is 22.1 Å². The lowest BCUT2D eigenvalue weighted by Gasteiger charge is -2.17. The Morgan fingerprint density at radius 1 is 1.44 bits per heavy atom. The van der Waals surface area contributed by atoms with E-state index in [1.54, 1.807) is 0 Å². The van der Waals surface area contributed by atoms with E-state index in [1.807, 2.05) is 0 Å². The molecule has 102 valence electrons. The number of thiazole rings is 1. The number of nitrogens with one attached hydrogen (secondary N) is 1. The summed E-state index contributed by atoms with van der Waals surface area (Å²) in [5.74, 6) is 6.01. The highest BCUT2D eigenvalue weighted by Crippen LogP contribution is 2.37. The SMILES string of the molecule is NNC(CC1CCCC1)c1cnc(C(F)(F)F)s1. The highest BCUT2D eigenvalue weighted by atomic mass is 32.1. The van der Waals surface area contributed by atoms with Crippen molar-refractivity contribution in [3.63, 3.8) is 0 Å². The van der Waals surface area contributed by atoms with Crippen LogP contribution in [0.1, 0.15) is 48.0 Å². The Bertz CT molecular complexity index is 385. The zero-order valence-electron chi connectivity index (χ0n) is 9.83. The van der Waals surface area contributed by atoms with Gasteiger partial charge in [0, 0.05) is 11.1 Å². The fourth-order valence-corrected chi connectivity index (χ4v) is 3.28. The van der Waals surface area contributed by atoms with Gasteiger partial charge in [0.15, 0.2) is 5.01 Å². The van der Waals surface area contributed by atoms with E-state index >= 15 is 0 Å². The minimum atomic E-state index is -4.37. The van der Waals surface area contributed by atoms with Gasteiger partial charge in [-0.05, 0) is 12.3 Å². The van der Waals surface area contributed by atoms with Gasteiger partial charge in [0.25, 0.3) is 0 Å². The van der Waals surface area contributed by atoms with Gasteiger partial charge in [-0.1, -0.05) is 25.7 Å². The van der Waals surface area contributed by atoms with E-state index in [-0.39, 0.29) is 6.04 Å². The average Bonchev–Trinajstić information content (AvgIpc) is 2.95. The van der Waals surface area contributed by atoms with Gasteiger partial charge in [0.05, 0.1) is 6.04 Å². The smallest absolute Gasteiger partial charge is 0.271 e. The minimum Gasteiger partial charge on any atom is -0.271 e. The van der Waals surface area contributed by atoms with Crippen LogP contribution >= 0.6 is 11.3 Å². The summed E-state index contributed by atoms with van der Waals surface area (Å²) < 4.78 is 37.4. The Kier molecular flexibility index (Phi) is 4.24. The molecule has 2 rings (SSSR count). The zero-order chi connectivity index (χ0) is 13.2. The molecule has 0 amide bonds. The Morgan fingerprint density at radius 3 is 2.61 bits per heavy atom. The summed E-state index contributed by atoms with van der Waals surface area (Å²) in [4.78, 5) is 4.00. The number of halogens is 3. The van der Waals surface area contributed by atoms with Crippen molar-refractivity contribution < 1.29 is 13.2 Å². The monoisotopic (exact) mass is 279 g/mol. The fraction of sp³-hybridized carbons (Fsp3) is 0.727. The van der Waals surface area contributed by atoms with Crippen molar-refractivity contribution in [2.75, 3.05) is 0 Å². The normalized spacial score (nSPS) is 19.3. The van der Waals surface area contributed by atoms with Gasteiger partial charge in [-0.25, -0.2) is 4.98 Å². The average molecular weight is 279 g/mol. The first kappa shape index (κ1) is 13.8. The molecule has 1 atom stereocenters. The number of hydrogen-bond donors (Lipinski definition) is 2. The van der Waals surface area contributed by atoms with E-state index in [9.17, 15) is 13.2 Å². The Labute approximate surface area is 108 Å². The van der Waals surface area contributed by atoms with Crippen LogP contribution in [0.15, 0.2) is 6.20 Å². The summed E-state index contributed by atoms with van der Waals surface area (Å²) >= 11 is 0.677. The quantitative estimate of drug-likeness (QED) is 0.657. The molecule has 0 spiro atoms. The highest BCUT2D eigenvalue weighted by Gasteiger charge is 2.35. The fourth-order valence-electron chi connectivity index (χ4n) is 2.42. The predicted molar refractivity (Wildman–Crippen MR) is 63.8 cm³/mol. The molecule has 1 aromatic rings. The van der Waals surface area contributed by atoms with Crippen LogP contribution in [0.5, 0.6) is 0 Å². The summed E-state index contributed by atoms with van der Waals surface area (Å²) in [6, 6.07) is -0.221. The molecule has 18 heavy (non-hydrogen) atoms. The third kappa shape index (κ3) is 3.21. The molecule has 3 nitrogen and oxygen atoms in total. The molecule has 1 aliphatic rings. The van der Waals surface area contributed by atoms with Crippen molar-refractivity contribution in [3.8, 4) is 0 Å². The molecule has 0 aromatic carbocycles. The number of alkyl halides is 3. The van der Waals surface area contributed by atoms with Gasteiger partial charge >= 0.3 is 6.18 Å². The maximum absolute atomic E-state index is 12.5. The van der Waals surface area contributed by atoms with Crippen molar-refractivity contribution in [3.05, 3.63) is 16.1 Å². The molecule has 0 radical (unpaired) electrons. The number of hydrogen-bond acceptors (Lipinski definition) is 4. The summed E-state index contributed by atoms with van der Waals surface area (Å²) in [5, 5.41) is -0.802. The van der Waals surface area contributed by atoms with E-state index in [4.69, 9.17) is 5.84 Å². The molecule has 1 saturated carbocycles. The third-order valence-electron chi connectivity index (χ3n) is 3.35. The molecule has 1 fully saturated rings. The number of hydrazine groups is 1. The molecule has 0 saturated heterocycles. The molecule has 3 N–H and O–H groups in total. The second kappa shape index (κ2) is 5.54. The van der Waals surface area contributed by atoms with E-state index in [2.05, 4.69) is 10.4 Å². The van der Waals surface area contributed by atoms with Gasteiger partial charge in [0.2, 0.25) is 0 Å². The first-order valence-corrected chi connectivity index (χ1v) is 6.81. The molecule has 1 aliphatic carbocycles. The van der Waals surface area contributed by atoms with Gasteiger partial charge < -0.3 is 0 Å². The van der Waals surface area contributed by atoms with E-state index < -0.39 is 11.2 Å². The number of rotatable bonds is 4. The first-order valence-electron chi connectivity index (χ1n) is 5.99. The van der Waals surface area contributed by atoms with Gasteiger partial charge in [0.1, 0.15) is 0 Å². The summed E-state index contributed by atoms with van der Waals surface area (Å²) in [6.45, 7) is 0. The predicted octanol–water partition coefficient (Wildman–Crippen LogP) is 3.25. The molecule has 1 unspecified atom stereocenters. The van der Waals surface area contributed by atoms with Crippen LogP contribution in [0, 0.1) is 5.92 Å². The number of nitrogens with two attached hydrogens (primary N) is 1. The molecule has 0 aliphatic heterocycles. The van der Waals surface area contributed by atoms with E-state index in [1.165, 1.54) is 19.0 Å². The zero-order valence-corrected chi connectivity index (χ0v) is 10.7. The van der Waals surface area contributed by atoms with Gasteiger partial charge in [-0.15, -0.1) is 11.3 Å². The van der Waals surface area contributed by atoms with E-state index in [0.717, 1.165) is 19.3 Å². The number of aromatic nitrogens is 1. The summed E-state index contributed by atoms with van der Waals surface area (Å²) in [6.07, 6.45) is 2.40. The van der Waals surface area contributed by atoms with Crippen molar-refractivity contribution in [1.82, 2.24) is 10.4 Å². The van der Waals surface area contributed by atoms with Crippen LogP contribution in [0.4, 0.5) is 13.2 Å². The third-order valence-corrected chi connectivity index (χ3v) is 4.51. The largest absolute Gasteiger partial charge is 0.443 e.